The van der Waals surface area contributed by atoms with Crippen LogP contribution in [0.1, 0.15) is 13.8 Å². The smallest absolute Gasteiger partial charge is 0.406 e. The van der Waals surface area contributed by atoms with Crippen molar-refractivity contribution >= 4 is 10.0 Å². The van der Waals surface area contributed by atoms with Gasteiger partial charge in [-0.3, -0.25) is 0 Å². The predicted molar refractivity (Wildman–Crippen MR) is 69.2 cm³/mol. The Morgan fingerprint density at radius 1 is 1.19 bits per heavy atom. The number of halogens is 3. The Morgan fingerprint density at radius 2 is 1.67 bits per heavy atom. The summed E-state index contributed by atoms with van der Waals surface area (Å²) in [5.41, 5.74) is -1.04. The van der Waals surface area contributed by atoms with Crippen LogP contribution < -0.4 is 4.74 Å². The molecule has 0 spiro atoms. The molecule has 0 aliphatic rings. The van der Waals surface area contributed by atoms with Crippen LogP contribution in [0.5, 0.6) is 5.75 Å². The second-order valence-corrected chi connectivity index (χ2v) is 6.93. The fraction of sp³-hybridized carbons (Fsp3) is 0.500. The normalized spacial score (nSPS) is 13.5. The minimum Gasteiger partial charge on any atom is -0.406 e. The van der Waals surface area contributed by atoms with Gasteiger partial charge in [-0.15, -0.1) is 13.2 Å². The molecule has 0 unspecified atom stereocenters. The summed E-state index contributed by atoms with van der Waals surface area (Å²) >= 11 is 0. The van der Waals surface area contributed by atoms with Gasteiger partial charge in [0.2, 0.25) is 10.0 Å². The van der Waals surface area contributed by atoms with Gasteiger partial charge in [0.1, 0.15) is 5.75 Å². The number of hydrogen-bond donors (Lipinski definition) is 1. The van der Waals surface area contributed by atoms with Gasteiger partial charge in [-0.1, -0.05) is 0 Å². The van der Waals surface area contributed by atoms with Gasteiger partial charge in [0.25, 0.3) is 0 Å². The van der Waals surface area contributed by atoms with Crippen molar-refractivity contribution in [1.82, 2.24) is 4.31 Å². The fourth-order valence-electron chi connectivity index (χ4n) is 1.40. The second-order valence-electron chi connectivity index (χ2n) is 4.96. The first-order valence-corrected chi connectivity index (χ1v) is 7.30. The zero-order valence-electron chi connectivity index (χ0n) is 11.7. The van der Waals surface area contributed by atoms with E-state index < -0.39 is 34.3 Å². The lowest BCUT2D eigenvalue weighted by Crippen LogP contribution is -2.47. The van der Waals surface area contributed by atoms with Crippen molar-refractivity contribution in [2.75, 3.05) is 13.7 Å². The molecule has 1 aromatic rings. The number of sulfonamides is 1. The number of nitrogens with zero attached hydrogens (tertiary/aromatic N) is 1. The lowest BCUT2D eigenvalue weighted by atomic mass is 10.1. The quantitative estimate of drug-likeness (QED) is 0.898. The van der Waals surface area contributed by atoms with Gasteiger partial charge in [0, 0.05) is 7.05 Å². The number of aliphatic hydroxyl groups excluding tert-OH is 1. The van der Waals surface area contributed by atoms with Crippen LogP contribution in [0.3, 0.4) is 0 Å². The maximum absolute atomic E-state index is 12.3. The van der Waals surface area contributed by atoms with Crippen molar-refractivity contribution in [1.29, 1.82) is 0 Å². The summed E-state index contributed by atoms with van der Waals surface area (Å²) < 4.78 is 65.3. The molecule has 0 aliphatic carbocycles. The Balaban J connectivity index is 3.06. The van der Waals surface area contributed by atoms with Crippen LogP contribution in [0.15, 0.2) is 29.2 Å². The van der Waals surface area contributed by atoms with E-state index in [1.165, 1.54) is 20.9 Å². The highest BCUT2D eigenvalue weighted by atomic mass is 32.2. The molecule has 1 aromatic carbocycles. The molecule has 0 amide bonds. The van der Waals surface area contributed by atoms with Crippen LogP contribution in [-0.2, 0) is 10.0 Å². The molecule has 9 heteroatoms. The van der Waals surface area contributed by atoms with E-state index in [4.69, 9.17) is 0 Å². The second kappa shape index (κ2) is 5.82. The summed E-state index contributed by atoms with van der Waals surface area (Å²) in [5, 5.41) is 9.20. The monoisotopic (exact) mass is 327 g/mol. The first-order valence-electron chi connectivity index (χ1n) is 5.86. The van der Waals surface area contributed by atoms with E-state index in [9.17, 15) is 26.7 Å². The summed E-state index contributed by atoms with van der Waals surface area (Å²) in [4.78, 5) is -0.193. The average Bonchev–Trinajstić information content (AvgIpc) is 2.36. The van der Waals surface area contributed by atoms with Gasteiger partial charge >= 0.3 is 6.36 Å². The third-order valence-corrected chi connectivity index (χ3v) is 5.04. The number of alkyl halides is 3. The van der Waals surface area contributed by atoms with Crippen molar-refractivity contribution in [3.63, 3.8) is 0 Å². The summed E-state index contributed by atoms with van der Waals surface area (Å²) in [5.74, 6) is -0.509. The molecule has 21 heavy (non-hydrogen) atoms. The lowest BCUT2D eigenvalue weighted by Gasteiger charge is -2.32. The predicted octanol–water partition coefficient (Wildman–Crippen LogP) is 1.98. The van der Waals surface area contributed by atoms with E-state index >= 15 is 0 Å². The van der Waals surface area contributed by atoms with Crippen LogP contribution >= 0.6 is 0 Å². The topological polar surface area (TPSA) is 66.8 Å². The molecular weight excluding hydrogens is 311 g/mol. The summed E-state index contributed by atoms with van der Waals surface area (Å²) in [7, 11) is -2.65. The fourth-order valence-corrected chi connectivity index (χ4v) is 2.90. The minimum absolute atomic E-state index is 0.193. The highest BCUT2D eigenvalue weighted by Crippen LogP contribution is 2.26. The van der Waals surface area contributed by atoms with Crippen molar-refractivity contribution in [2.24, 2.45) is 0 Å². The summed E-state index contributed by atoms with van der Waals surface area (Å²) in [6.45, 7) is 2.63. The zero-order valence-corrected chi connectivity index (χ0v) is 12.5. The first kappa shape index (κ1) is 17.7. The highest BCUT2D eigenvalue weighted by Gasteiger charge is 2.34. The van der Waals surface area contributed by atoms with Crippen molar-refractivity contribution < 1.29 is 31.4 Å². The maximum atomic E-state index is 12.3. The largest absolute Gasteiger partial charge is 0.573 e. The molecule has 5 nitrogen and oxygen atoms in total. The Labute approximate surface area is 121 Å². The Bertz CT molecular complexity index is 582. The molecule has 0 aliphatic heterocycles. The van der Waals surface area contributed by atoms with E-state index in [-0.39, 0.29) is 4.90 Å². The lowest BCUT2D eigenvalue weighted by molar-refractivity contribution is -0.274. The van der Waals surface area contributed by atoms with E-state index in [2.05, 4.69) is 4.74 Å². The Morgan fingerprint density at radius 3 is 2.05 bits per heavy atom. The third kappa shape index (κ3) is 4.32. The molecule has 0 heterocycles. The average molecular weight is 327 g/mol. The van der Waals surface area contributed by atoms with Crippen molar-refractivity contribution in [3.8, 4) is 5.75 Å². The van der Waals surface area contributed by atoms with Gasteiger partial charge in [-0.2, -0.15) is 4.31 Å². The highest BCUT2D eigenvalue weighted by molar-refractivity contribution is 7.89. The number of benzene rings is 1. The zero-order chi connectivity index (χ0) is 16.5. The minimum atomic E-state index is -4.84. The summed E-state index contributed by atoms with van der Waals surface area (Å²) in [6, 6.07) is 3.86. The molecular formula is C12H16F3NO4S. The molecule has 0 aromatic heterocycles. The van der Waals surface area contributed by atoms with E-state index in [1.807, 2.05) is 0 Å². The Kier molecular flexibility index (Phi) is 4.91. The van der Waals surface area contributed by atoms with E-state index in [0.29, 0.717) is 0 Å². The standard InChI is InChI=1S/C12H16F3NO4S/c1-11(2,8-17)16(3)21(18,19)10-6-4-9(5-7-10)20-12(13,14)15/h4-7,17H,8H2,1-3H3. The van der Waals surface area contributed by atoms with Crippen molar-refractivity contribution in [3.05, 3.63) is 24.3 Å². The van der Waals surface area contributed by atoms with Gasteiger partial charge in [0.15, 0.2) is 0 Å². The molecule has 0 fully saturated rings. The Hall–Kier alpha value is -1.32. The summed E-state index contributed by atoms with van der Waals surface area (Å²) in [6.07, 6.45) is -4.84. The van der Waals surface area contributed by atoms with Crippen LogP contribution in [0.25, 0.3) is 0 Å². The van der Waals surface area contributed by atoms with E-state index in [1.54, 1.807) is 0 Å². The number of hydrogen-bond acceptors (Lipinski definition) is 4. The van der Waals surface area contributed by atoms with Crippen LogP contribution in [-0.4, -0.2) is 43.4 Å². The molecule has 0 radical (unpaired) electrons. The molecule has 0 atom stereocenters. The molecule has 1 rings (SSSR count). The van der Waals surface area contributed by atoms with Gasteiger partial charge in [-0.25, -0.2) is 8.42 Å². The number of ether oxygens (including phenoxy) is 1. The first-order chi connectivity index (χ1) is 9.40. The molecule has 0 saturated heterocycles. The van der Waals surface area contributed by atoms with Crippen LogP contribution in [0, 0.1) is 0 Å². The molecule has 120 valence electrons. The molecule has 1 N–H and O–H groups in total. The van der Waals surface area contributed by atoms with E-state index in [0.717, 1.165) is 28.6 Å². The number of likely N-dealkylation sites (N-methyl/N-ethyl adjacent to an activating group) is 1. The maximum Gasteiger partial charge on any atom is 0.573 e. The van der Waals surface area contributed by atoms with Crippen molar-refractivity contribution in [2.45, 2.75) is 30.6 Å². The molecule has 0 saturated carbocycles. The van der Waals surface area contributed by atoms with Crippen LogP contribution in [0.2, 0.25) is 0 Å². The van der Waals surface area contributed by atoms with Gasteiger partial charge in [-0.05, 0) is 38.1 Å². The molecule has 0 bridgehead atoms. The SMILES string of the molecule is CN(C(C)(C)CO)S(=O)(=O)c1ccc(OC(F)(F)F)cc1. The number of rotatable bonds is 5. The van der Waals surface area contributed by atoms with Gasteiger partial charge in [0.05, 0.1) is 17.0 Å². The van der Waals surface area contributed by atoms with Crippen LogP contribution in [0.4, 0.5) is 13.2 Å². The van der Waals surface area contributed by atoms with Gasteiger partial charge < -0.3 is 9.84 Å². The third-order valence-electron chi connectivity index (χ3n) is 2.96. The number of aliphatic hydroxyl groups is 1.